The van der Waals surface area contributed by atoms with Crippen LogP contribution >= 0.6 is 0 Å². The van der Waals surface area contributed by atoms with Crippen LogP contribution in [0.3, 0.4) is 0 Å². The van der Waals surface area contributed by atoms with Gasteiger partial charge in [-0.2, -0.15) is 0 Å². The van der Waals surface area contributed by atoms with Crippen LogP contribution in [0.25, 0.3) is 0 Å². The van der Waals surface area contributed by atoms with Crippen molar-refractivity contribution in [1.82, 2.24) is 5.32 Å². The molecule has 1 atom stereocenters. The first-order valence-electron chi connectivity index (χ1n) is 7.11. The number of rotatable bonds is 5. The average molecular weight is 329 g/mol. The number of aliphatic hydroxyl groups is 1. The van der Waals surface area contributed by atoms with E-state index in [-0.39, 0.29) is 11.3 Å². The summed E-state index contributed by atoms with van der Waals surface area (Å²) in [7, 11) is 2.99. The molecule has 7 nitrogen and oxygen atoms in total. The molecule has 0 fully saturated rings. The average Bonchev–Trinajstić information content (AvgIpc) is 3.23. The van der Waals surface area contributed by atoms with E-state index in [0.717, 1.165) is 0 Å². The Bertz CT molecular complexity index is 822. The van der Waals surface area contributed by atoms with E-state index in [9.17, 15) is 14.7 Å². The second kappa shape index (κ2) is 6.11. The number of carbonyl (C=O) groups excluding carboxylic acids is 2. The fourth-order valence-electron chi connectivity index (χ4n) is 2.59. The van der Waals surface area contributed by atoms with Gasteiger partial charge in [-0.1, -0.05) is 6.07 Å². The molecule has 0 aliphatic carbocycles. The Hall–Kier alpha value is -3.22. The number of furan rings is 1. The van der Waals surface area contributed by atoms with Crippen molar-refractivity contribution in [3.63, 3.8) is 0 Å². The predicted molar refractivity (Wildman–Crippen MR) is 83.1 cm³/mol. The topological polar surface area (TPSA) is 98.0 Å². The Morgan fingerprint density at radius 1 is 1.21 bits per heavy atom. The normalized spacial score (nSPS) is 16.9. The Morgan fingerprint density at radius 3 is 2.58 bits per heavy atom. The van der Waals surface area contributed by atoms with Gasteiger partial charge in [0.2, 0.25) is 5.78 Å². The summed E-state index contributed by atoms with van der Waals surface area (Å²) >= 11 is 0. The molecule has 0 bridgehead atoms. The second-order valence-electron chi connectivity index (χ2n) is 5.09. The maximum absolute atomic E-state index is 12.6. The molecule has 1 aliphatic heterocycles. The van der Waals surface area contributed by atoms with Crippen LogP contribution in [0.5, 0.6) is 11.5 Å². The third-order valence-corrected chi connectivity index (χ3v) is 3.76. The Balaban J connectivity index is 2.04. The van der Waals surface area contributed by atoms with Gasteiger partial charge in [-0.3, -0.25) is 9.59 Å². The number of nitrogens with one attached hydrogen (secondary N) is 1. The lowest BCUT2D eigenvalue weighted by Gasteiger charge is -2.16. The lowest BCUT2D eigenvalue weighted by Crippen LogP contribution is -2.23. The summed E-state index contributed by atoms with van der Waals surface area (Å²) in [5.74, 6) is -0.895. The van der Waals surface area contributed by atoms with Crippen molar-refractivity contribution in [1.29, 1.82) is 0 Å². The highest BCUT2D eigenvalue weighted by molar-refractivity contribution is 6.15. The predicted octanol–water partition coefficient (Wildman–Crippen LogP) is 2.16. The molecule has 1 aromatic heterocycles. The molecule has 0 saturated heterocycles. The maximum Gasteiger partial charge on any atom is 0.287 e. The number of Topliss-reactive ketones (excluding diaryl/α,β-unsaturated/α-hetero) is 1. The molecule has 3 rings (SSSR count). The van der Waals surface area contributed by atoms with Crippen LogP contribution in [-0.4, -0.2) is 31.0 Å². The Kier molecular flexibility index (Phi) is 3.99. The quantitative estimate of drug-likeness (QED) is 0.816. The molecule has 2 N–H and O–H groups in total. The van der Waals surface area contributed by atoms with Gasteiger partial charge < -0.3 is 24.3 Å². The van der Waals surface area contributed by atoms with E-state index in [0.29, 0.717) is 17.1 Å². The highest BCUT2D eigenvalue weighted by atomic mass is 16.5. The molecule has 2 heterocycles. The summed E-state index contributed by atoms with van der Waals surface area (Å²) in [5, 5.41) is 12.6. The maximum atomic E-state index is 12.6. The summed E-state index contributed by atoms with van der Waals surface area (Å²) in [6, 6.07) is 7.19. The van der Waals surface area contributed by atoms with Gasteiger partial charge in [-0.25, -0.2) is 0 Å². The molecule has 1 aromatic carbocycles. The zero-order valence-electron chi connectivity index (χ0n) is 13.0. The molecule has 1 aliphatic rings. The second-order valence-corrected chi connectivity index (χ2v) is 5.09. The number of ether oxygens (including phenoxy) is 2. The van der Waals surface area contributed by atoms with E-state index in [1.807, 2.05) is 0 Å². The van der Waals surface area contributed by atoms with Crippen molar-refractivity contribution >= 4 is 11.7 Å². The number of benzene rings is 1. The molecular formula is C17H15NO6. The monoisotopic (exact) mass is 329 g/mol. The Morgan fingerprint density at radius 2 is 1.96 bits per heavy atom. The van der Waals surface area contributed by atoms with Gasteiger partial charge in [-0.05, 0) is 29.8 Å². The molecule has 2 aromatic rings. The molecule has 0 unspecified atom stereocenters. The van der Waals surface area contributed by atoms with Gasteiger partial charge in [0.25, 0.3) is 5.91 Å². The van der Waals surface area contributed by atoms with Gasteiger partial charge in [0, 0.05) is 0 Å². The van der Waals surface area contributed by atoms with Crippen molar-refractivity contribution in [2.45, 2.75) is 6.04 Å². The van der Waals surface area contributed by atoms with Crippen molar-refractivity contribution in [3.05, 3.63) is 59.3 Å². The number of carbonyl (C=O) groups is 2. The van der Waals surface area contributed by atoms with Crippen LogP contribution in [0.2, 0.25) is 0 Å². The standard InChI is InChI=1S/C17H15NO6/c1-22-10-6-5-9(8-12(10)23-2)14-13(16(20)17(21)18-14)15(19)11-4-3-7-24-11/h3-8,14,20H,1-2H3,(H,18,21)/t14-/m1/s1. The lowest BCUT2D eigenvalue weighted by molar-refractivity contribution is -0.119. The smallest absolute Gasteiger partial charge is 0.287 e. The zero-order valence-corrected chi connectivity index (χ0v) is 13.0. The third-order valence-electron chi connectivity index (χ3n) is 3.76. The van der Waals surface area contributed by atoms with Crippen LogP contribution in [0.15, 0.2) is 52.3 Å². The first-order chi connectivity index (χ1) is 11.6. The summed E-state index contributed by atoms with van der Waals surface area (Å²) in [6.45, 7) is 0. The van der Waals surface area contributed by atoms with Crippen LogP contribution < -0.4 is 14.8 Å². The number of hydrogen-bond donors (Lipinski definition) is 2. The van der Waals surface area contributed by atoms with E-state index in [1.54, 1.807) is 24.3 Å². The van der Waals surface area contributed by atoms with Crippen molar-refractivity contribution in [2.24, 2.45) is 0 Å². The molecule has 124 valence electrons. The van der Waals surface area contributed by atoms with Crippen LogP contribution in [0.4, 0.5) is 0 Å². The highest BCUT2D eigenvalue weighted by Crippen LogP contribution is 2.36. The van der Waals surface area contributed by atoms with Gasteiger partial charge in [0.05, 0.1) is 32.1 Å². The van der Waals surface area contributed by atoms with Crippen LogP contribution in [0.1, 0.15) is 22.2 Å². The molecule has 7 heteroatoms. The fraction of sp³-hybridized carbons (Fsp3) is 0.176. The number of methoxy groups -OCH3 is 2. The third kappa shape index (κ3) is 2.50. The van der Waals surface area contributed by atoms with E-state index >= 15 is 0 Å². The van der Waals surface area contributed by atoms with E-state index < -0.39 is 23.5 Å². The number of hydrogen-bond acceptors (Lipinski definition) is 6. The largest absolute Gasteiger partial charge is 0.503 e. The number of amides is 1. The SMILES string of the molecule is COc1ccc([C@H]2NC(=O)C(O)=C2C(=O)c2ccco2)cc1OC. The van der Waals surface area contributed by atoms with Gasteiger partial charge in [0.1, 0.15) is 0 Å². The number of ketones is 1. The minimum absolute atomic E-state index is 0.0403. The first kappa shape index (κ1) is 15.7. The van der Waals surface area contributed by atoms with E-state index in [1.165, 1.54) is 26.5 Å². The van der Waals surface area contributed by atoms with Crippen LogP contribution in [-0.2, 0) is 4.79 Å². The Labute approximate surface area is 137 Å². The minimum Gasteiger partial charge on any atom is -0.503 e. The molecule has 1 amide bonds. The van der Waals surface area contributed by atoms with Crippen molar-refractivity contribution in [3.8, 4) is 11.5 Å². The van der Waals surface area contributed by atoms with Gasteiger partial charge in [-0.15, -0.1) is 0 Å². The summed E-state index contributed by atoms with van der Waals surface area (Å²) < 4.78 is 15.5. The van der Waals surface area contributed by atoms with E-state index in [4.69, 9.17) is 13.9 Å². The molecule has 0 spiro atoms. The summed E-state index contributed by atoms with van der Waals surface area (Å²) in [5.41, 5.74) is 0.502. The van der Waals surface area contributed by atoms with E-state index in [2.05, 4.69) is 5.32 Å². The van der Waals surface area contributed by atoms with Gasteiger partial charge >= 0.3 is 0 Å². The molecule has 24 heavy (non-hydrogen) atoms. The van der Waals surface area contributed by atoms with Gasteiger partial charge in [0.15, 0.2) is 23.0 Å². The fourth-order valence-corrected chi connectivity index (χ4v) is 2.59. The summed E-state index contributed by atoms with van der Waals surface area (Å²) in [6.07, 6.45) is 1.35. The van der Waals surface area contributed by atoms with Crippen LogP contribution in [0, 0.1) is 0 Å². The molecule has 0 saturated carbocycles. The van der Waals surface area contributed by atoms with Crippen molar-refractivity contribution < 1.29 is 28.6 Å². The first-order valence-corrected chi connectivity index (χ1v) is 7.11. The molecule has 0 radical (unpaired) electrons. The number of aliphatic hydroxyl groups excluding tert-OH is 1. The minimum atomic E-state index is -0.810. The highest BCUT2D eigenvalue weighted by Gasteiger charge is 2.38. The van der Waals surface area contributed by atoms with Crippen molar-refractivity contribution in [2.75, 3.05) is 14.2 Å². The lowest BCUT2D eigenvalue weighted by atomic mass is 9.95. The summed E-state index contributed by atoms with van der Waals surface area (Å²) in [4.78, 5) is 24.4. The zero-order chi connectivity index (χ0) is 17.3. The molecular weight excluding hydrogens is 314 g/mol.